The molecule has 0 aromatic carbocycles. The van der Waals surface area contributed by atoms with Crippen LogP contribution in [0.2, 0.25) is 0 Å². The van der Waals surface area contributed by atoms with Crippen LogP contribution in [0.1, 0.15) is 70.2 Å². The van der Waals surface area contributed by atoms with Gasteiger partial charge in [0, 0.05) is 36.6 Å². The molecule has 2 rings (SSSR count). The molecule has 1 aromatic rings. The fourth-order valence-corrected chi connectivity index (χ4v) is 3.16. The molecule has 0 radical (unpaired) electrons. The Balaban J connectivity index is 2.03. The molecule has 26 heavy (non-hydrogen) atoms. The van der Waals surface area contributed by atoms with Crippen LogP contribution in [-0.2, 0) is 9.59 Å². The summed E-state index contributed by atoms with van der Waals surface area (Å²) in [5.74, 6) is -0.509. The van der Waals surface area contributed by atoms with E-state index < -0.39 is 11.8 Å². The number of amides is 2. The zero-order valence-electron chi connectivity index (χ0n) is 16.3. The van der Waals surface area contributed by atoms with E-state index in [0.29, 0.717) is 0 Å². The van der Waals surface area contributed by atoms with Crippen molar-refractivity contribution in [3.63, 3.8) is 0 Å². The van der Waals surface area contributed by atoms with Crippen LogP contribution in [0.4, 0.5) is 5.95 Å². The summed E-state index contributed by atoms with van der Waals surface area (Å²) in [6.45, 7) is 9.36. The highest BCUT2D eigenvalue weighted by Crippen LogP contribution is 2.20. The van der Waals surface area contributed by atoms with Crippen molar-refractivity contribution < 1.29 is 9.59 Å². The van der Waals surface area contributed by atoms with Crippen molar-refractivity contribution in [3.05, 3.63) is 17.5 Å². The molecule has 1 aliphatic rings. The first kappa shape index (κ1) is 20.1. The predicted molar refractivity (Wildman–Crippen MR) is 102 cm³/mol. The van der Waals surface area contributed by atoms with E-state index in [1.807, 2.05) is 27.7 Å². The smallest absolute Gasteiger partial charge is 0.309 e. The van der Waals surface area contributed by atoms with Crippen LogP contribution in [0.5, 0.6) is 0 Å². The number of anilines is 1. The van der Waals surface area contributed by atoms with Crippen molar-refractivity contribution in [2.24, 2.45) is 0 Å². The van der Waals surface area contributed by atoms with E-state index in [1.54, 1.807) is 6.20 Å². The maximum Gasteiger partial charge on any atom is 0.309 e. The van der Waals surface area contributed by atoms with Gasteiger partial charge in [0.2, 0.25) is 5.95 Å². The maximum atomic E-state index is 12.0. The van der Waals surface area contributed by atoms with E-state index in [0.717, 1.165) is 30.3 Å². The van der Waals surface area contributed by atoms with Crippen molar-refractivity contribution in [1.82, 2.24) is 20.6 Å². The van der Waals surface area contributed by atoms with Gasteiger partial charge < -0.3 is 15.5 Å². The summed E-state index contributed by atoms with van der Waals surface area (Å²) in [6.07, 6.45) is 7.93. The molecule has 2 N–H and O–H groups in total. The van der Waals surface area contributed by atoms with E-state index in [-0.39, 0.29) is 12.1 Å². The van der Waals surface area contributed by atoms with Gasteiger partial charge in [-0.05, 0) is 40.5 Å². The molecule has 1 atom stereocenters. The Morgan fingerprint density at radius 3 is 2.15 bits per heavy atom. The average Bonchev–Trinajstić information content (AvgIpc) is 2.53. The second-order valence-electron chi connectivity index (χ2n) is 7.29. The summed E-state index contributed by atoms with van der Waals surface area (Å²) in [5, 5.41) is 5.30. The molecule has 7 nitrogen and oxygen atoms in total. The monoisotopic (exact) mass is 361 g/mol. The Hall–Kier alpha value is -2.18. The Morgan fingerprint density at radius 1 is 1.00 bits per heavy atom. The third-order valence-electron chi connectivity index (χ3n) is 4.58. The normalized spacial score (nSPS) is 16.6. The summed E-state index contributed by atoms with van der Waals surface area (Å²) >= 11 is 0. The average molecular weight is 361 g/mol. The number of nitrogens with zero attached hydrogens (tertiary/aromatic N) is 3. The molecular weight excluding hydrogens is 330 g/mol. The first-order valence-corrected chi connectivity index (χ1v) is 9.58. The minimum atomic E-state index is -0.640. The molecule has 1 fully saturated rings. The molecule has 2 heterocycles. The minimum Gasteiger partial charge on any atom is -0.346 e. The second-order valence-corrected chi connectivity index (χ2v) is 7.29. The third-order valence-corrected chi connectivity index (χ3v) is 4.58. The first-order chi connectivity index (χ1) is 12.4. The zero-order valence-corrected chi connectivity index (χ0v) is 16.3. The molecule has 7 heteroatoms. The predicted octanol–water partition coefficient (Wildman–Crippen LogP) is 2.26. The summed E-state index contributed by atoms with van der Waals surface area (Å²) in [7, 11) is 0. The van der Waals surface area contributed by atoms with Crippen molar-refractivity contribution in [2.75, 3.05) is 18.0 Å². The van der Waals surface area contributed by atoms with Gasteiger partial charge in [0.1, 0.15) is 0 Å². The lowest BCUT2D eigenvalue weighted by molar-refractivity contribution is -0.139. The lowest BCUT2D eigenvalue weighted by Crippen LogP contribution is -2.43. The molecule has 1 aromatic heterocycles. The number of hydrogen-bond acceptors (Lipinski definition) is 5. The second kappa shape index (κ2) is 9.50. The van der Waals surface area contributed by atoms with E-state index in [4.69, 9.17) is 0 Å². The van der Waals surface area contributed by atoms with Crippen molar-refractivity contribution >= 4 is 17.8 Å². The van der Waals surface area contributed by atoms with Gasteiger partial charge in [0.25, 0.3) is 0 Å². The van der Waals surface area contributed by atoms with Crippen LogP contribution in [0, 0.1) is 6.92 Å². The SMILES string of the molecule is Cc1nc(N2CCCCCCC2)ncc1[C@@H](C)NC(=O)C(=O)NC(C)C. The Bertz CT molecular complexity index is 624. The van der Waals surface area contributed by atoms with Gasteiger partial charge in [0.05, 0.1) is 6.04 Å². The number of aryl methyl sites for hydroxylation is 1. The van der Waals surface area contributed by atoms with E-state index in [9.17, 15) is 9.59 Å². The van der Waals surface area contributed by atoms with Crippen LogP contribution in [0.15, 0.2) is 6.20 Å². The Morgan fingerprint density at radius 2 is 1.58 bits per heavy atom. The summed E-state index contributed by atoms with van der Waals surface area (Å²) in [5.41, 5.74) is 1.65. The lowest BCUT2D eigenvalue weighted by atomic mass is 10.1. The van der Waals surface area contributed by atoms with E-state index in [2.05, 4.69) is 25.5 Å². The van der Waals surface area contributed by atoms with Crippen LogP contribution < -0.4 is 15.5 Å². The maximum absolute atomic E-state index is 12.0. The van der Waals surface area contributed by atoms with Crippen molar-refractivity contribution in [2.45, 2.75) is 71.9 Å². The fourth-order valence-electron chi connectivity index (χ4n) is 3.16. The number of nitrogens with one attached hydrogen (secondary N) is 2. The molecule has 0 spiro atoms. The van der Waals surface area contributed by atoms with Gasteiger partial charge in [-0.15, -0.1) is 0 Å². The molecule has 0 unspecified atom stereocenters. The highest BCUT2D eigenvalue weighted by Gasteiger charge is 2.20. The molecule has 1 aliphatic heterocycles. The number of rotatable bonds is 4. The third kappa shape index (κ3) is 5.68. The van der Waals surface area contributed by atoms with Gasteiger partial charge in [-0.1, -0.05) is 19.3 Å². The Labute approximate surface area is 156 Å². The highest BCUT2D eigenvalue weighted by atomic mass is 16.2. The lowest BCUT2D eigenvalue weighted by Gasteiger charge is -2.25. The number of hydrogen-bond donors (Lipinski definition) is 2. The number of aromatic nitrogens is 2. The molecular formula is C19H31N5O2. The minimum absolute atomic E-state index is 0.0780. The Kier molecular flexibility index (Phi) is 7.36. The van der Waals surface area contributed by atoms with Gasteiger partial charge in [0.15, 0.2) is 0 Å². The number of carbonyl (C=O) groups is 2. The highest BCUT2D eigenvalue weighted by molar-refractivity contribution is 6.35. The van der Waals surface area contributed by atoms with Gasteiger partial charge in [-0.3, -0.25) is 9.59 Å². The van der Waals surface area contributed by atoms with Gasteiger partial charge >= 0.3 is 11.8 Å². The largest absolute Gasteiger partial charge is 0.346 e. The topological polar surface area (TPSA) is 87.2 Å². The van der Waals surface area contributed by atoms with Gasteiger partial charge in [-0.2, -0.15) is 0 Å². The van der Waals surface area contributed by atoms with Crippen LogP contribution in [-0.4, -0.2) is 40.9 Å². The zero-order chi connectivity index (χ0) is 19.1. The molecule has 2 amide bonds. The van der Waals surface area contributed by atoms with Crippen LogP contribution in [0.25, 0.3) is 0 Å². The molecule has 1 saturated heterocycles. The standard InChI is InChI=1S/C19H31N5O2/c1-13(2)21-17(25)18(26)22-14(3)16-12-20-19(23-15(16)4)24-10-8-6-5-7-9-11-24/h12-14H,5-11H2,1-4H3,(H,21,25)(H,22,26)/t14-/m1/s1. The van der Waals surface area contributed by atoms with E-state index in [1.165, 1.54) is 32.1 Å². The van der Waals surface area contributed by atoms with Crippen LogP contribution in [0.3, 0.4) is 0 Å². The van der Waals surface area contributed by atoms with Crippen LogP contribution >= 0.6 is 0 Å². The molecule has 0 saturated carbocycles. The first-order valence-electron chi connectivity index (χ1n) is 9.58. The summed E-state index contributed by atoms with van der Waals surface area (Å²) in [4.78, 5) is 35.2. The molecule has 0 bridgehead atoms. The van der Waals surface area contributed by atoms with Gasteiger partial charge in [-0.25, -0.2) is 9.97 Å². The molecule has 0 aliphatic carbocycles. The van der Waals surface area contributed by atoms with E-state index >= 15 is 0 Å². The quantitative estimate of drug-likeness (QED) is 0.803. The fraction of sp³-hybridized carbons (Fsp3) is 0.684. The van der Waals surface area contributed by atoms with Crippen molar-refractivity contribution in [1.29, 1.82) is 0 Å². The molecule has 144 valence electrons. The summed E-state index contributed by atoms with van der Waals surface area (Å²) < 4.78 is 0. The van der Waals surface area contributed by atoms with Crippen molar-refractivity contribution in [3.8, 4) is 0 Å². The number of carbonyl (C=O) groups excluding carboxylic acids is 2. The summed E-state index contributed by atoms with van der Waals surface area (Å²) in [6, 6.07) is -0.410.